The lowest BCUT2D eigenvalue weighted by molar-refractivity contribution is 0.284. The van der Waals surface area contributed by atoms with Gasteiger partial charge in [-0.25, -0.2) is 0 Å². The van der Waals surface area contributed by atoms with Gasteiger partial charge in [0.15, 0.2) is 0 Å². The molecule has 0 aliphatic heterocycles. The molecule has 0 saturated carbocycles. The molecule has 0 unspecified atom stereocenters. The van der Waals surface area contributed by atoms with E-state index in [9.17, 15) is 0 Å². The summed E-state index contributed by atoms with van der Waals surface area (Å²) in [6.45, 7) is 7.30. The average molecular weight is 418 g/mol. The summed E-state index contributed by atoms with van der Waals surface area (Å²) in [7, 11) is 0. The Labute approximate surface area is 141 Å². The minimum atomic E-state index is 0.373. The van der Waals surface area contributed by atoms with Crippen LogP contribution in [0.1, 0.15) is 30.9 Å². The summed E-state index contributed by atoms with van der Waals surface area (Å²) in [5.74, 6) is 1.55. The highest BCUT2D eigenvalue weighted by Gasteiger charge is 2.11. The van der Waals surface area contributed by atoms with Crippen LogP contribution in [0.15, 0.2) is 31.7 Å². The van der Waals surface area contributed by atoms with Gasteiger partial charge in [0, 0.05) is 18.7 Å². The van der Waals surface area contributed by atoms with Gasteiger partial charge in [0.1, 0.15) is 23.8 Å². The standard InChI is InChI=1S/C15H18Br2N2O2/c1-9(2)18-7-11-5-13(16)15(14(17)6-11)20-8-12-4-10(3)21-19-12/h4-6,9,18H,7-8H2,1-3H3. The van der Waals surface area contributed by atoms with Gasteiger partial charge in [-0.05, 0) is 56.5 Å². The SMILES string of the molecule is Cc1cc(COc2c(Br)cc(CNC(C)C)cc2Br)no1. The number of nitrogens with zero attached hydrogens (tertiary/aromatic N) is 1. The van der Waals surface area contributed by atoms with E-state index in [-0.39, 0.29) is 0 Å². The van der Waals surface area contributed by atoms with E-state index < -0.39 is 0 Å². The van der Waals surface area contributed by atoms with Crippen LogP contribution in [0.3, 0.4) is 0 Å². The smallest absolute Gasteiger partial charge is 0.148 e. The largest absolute Gasteiger partial charge is 0.485 e. The van der Waals surface area contributed by atoms with Crippen molar-refractivity contribution < 1.29 is 9.26 Å². The fourth-order valence-electron chi connectivity index (χ4n) is 1.81. The van der Waals surface area contributed by atoms with Crippen LogP contribution in [-0.2, 0) is 13.2 Å². The third kappa shape index (κ3) is 4.83. The van der Waals surface area contributed by atoms with Gasteiger partial charge in [-0.3, -0.25) is 0 Å². The number of hydrogen-bond acceptors (Lipinski definition) is 4. The van der Waals surface area contributed by atoms with E-state index in [1.54, 1.807) is 0 Å². The van der Waals surface area contributed by atoms with Gasteiger partial charge in [-0.1, -0.05) is 19.0 Å². The zero-order valence-electron chi connectivity index (χ0n) is 12.2. The first kappa shape index (κ1) is 16.5. The lowest BCUT2D eigenvalue weighted by Gasteiger charge is -2.13. The molecule has 6 heteroatoms. The van der Waals surface area contributed by atoms with Crippen LogP contribution >= 0.6 is 31.9 Å². The molecule has 1 N–H and O–H groups in total. The number of halogens is 2. The quantitative estimate of drug-likeness (QED) is 0.746. The van der Waals surface area contributed by atoms with Crippen molar-refractivity contribution in [3.63, 3.8) is 0 Å². The van der Waals surface area contributed by atoms with Crippen molar-refractivity contribution in [1.82, 2.24) is 10.5 Å². The molecule has 0 atom stereocenters. The highest BCUT2D eigenvalue weighted by atomic mass is 79.9. The first-order valence-corrected chi connectivity index (χ1v) is 8.30. The van der Waals surface area contributed by atoms with Crippen molar-refractivity contribution in [2.45, 2.75) is 40.0 Å². The molecule has 2 rings (SSSR count). The molecule has 0 fully saturated rings. The number of benzene rings is 1. The Bertz CT molecular complexity index is 588. The second-order valence-corrected chi connectivity index (χ2v) is 6.85. The number of aryl methyl sites for hydroxylation is 1. The highest BCUT2D eigenvalue weighted by Crippen LogP contribution is 2.35. The summed E-state index contributed by atoms with van der Waals surface area (Å²) in [6, 6.07) is 6.43. The van der Waals surface area contributed by atoms with Crippen LogP contribution in [0.25, 0.3) is 0 Å². The number of aromatic nitrogens is 1. The van der Waals surface area contributed by atoms with Crippen molar-refractivity contribution in [1.29, 1.82) is 0 Å². The second kappa shape index (κ2) is 7.42. The Morgan fingerprint density at radius 3 is 2.43 bits per heavy atom. The molecule has 0 spiro atoms. The summed E-state index contributed by atoms with van der Waals surface area (Å²) in [4.78, 5) is 0. The Morgan fingerprint density at radius 1 is 1.24 bits per heavy atom. The van der Waals surface area contributed by atoms with E-state index in [0.29, 0.717) is 12.6 Å². The summed E-state index contributed by atoms with van der Waals surface area (Å²) >= 11 is 7.11. The van der Waals surface area contributed by atoms with Gasteiger partial charge < -0.3 is 14.6 Å². The van der Waals surface area contributed by atoms with Gasteiger partial charge in [0.05, 0.1) is 8.95 Å². The second-order valence-electron chi connectivity index (χ2n) is 5.14. The Hall–Kier alpha value is -0.850. The Kier molecular flexibility index (Phi) is 5.84. The Balaban J connectivity index is 2.06. The minimum absolute atomic E-state index is 0.373. The molecule has 0 bridgehead atoms. The fourth-order valence-corrected chi connectivity index (χ4v) is 3.32. The van der Waals surface area contributed by atoms with Crippen LogP contribution in [0.5, 0.6) is 5.75 Å². The zero-order valence-corrected chi connectivity index (χ0v) is 15.4. The predicted octanol–water partition coefficient (Wildman–Crippen LogP) is 4.59. The van der Waals surface area contributed by atoms with E-state index in [2.05, 4.69) is 68.3 Å². The molecule has 21 heavy (non-hydrogen) atoms. The monoisotopic (exact) mass is 416 g/mol. The van der Waals surface area contributed by atoms with Crippen molar-refractivity contribution in [2.24, 2.45) is 0 Å². The topological polar surface area (TPSA) is 47.3 Å². The highest BCUT2D eigenvalue weighted by molar-refractivity contribution is 9.11. The lowest BCUT2D eigenvalue weighted by Crippen LogP contribution is -2.21. The van der Waals surface area contributed by atoms with Gasteiger partial charge in [0.2, 0.25) is 0 Å². The lowest BCUT2D eigenvalue weighted by atomic mass is 10.2. The van der Waals surface area contributed by atoms with Crippen LogP contribution in [0, 0.1) is 6.92 Å². The van der Waals surface area contributed by atoms with Crippen molar-refractivity contribution in [2.75, 3.05) is 0 Å². The van der Waals surface area contributed by atoms with Crippen LogP contribution < -0.4 is 10.1 Å². The molecule has 1 aromatic carbocycles. The van der Waals surface area contributed by atoms with E-state index >= 15 is 0 Å². The zero-order chi connectivity index (χ0) is 15.4. The molecule has 1 heterocycles. The van der Waals surface area contributed by atoms with Gasteiger partial charge in [-0.2, -0.15) is 0 Å². The molecular weight excluding hydrogens is 400 g/mol. The van der Waals surface area contributed by atoms with Crippen molar-refractivity contribution in [3.05, 3.63) is 44.2 Å². The normalized spacial score (nSPS) is 11.1. The van der Waals surface area contributed by atoms with E-state index in [1.807, 2.05) is 13.0 Å². The first-order chi connectivity index (χ1) is 9.95. The molecule has 0 saturated heterocycles. The summed E-state index contributed by atoms with van der Waals surface area (Å²) in [5.41, 5.74) is 1.96. The maximum atomic E-state index is 5.81. The van der Waals surface area contributed by atoms with Gasteiger partial charge >= 0.3 is 0 Å². The molecule has 0 amide bonds. The van der Waals surface area contributed by atoms with Crippen molar-refractivity contribution >= 4 is 31.9 Å². The number of ether oxygens (including phenoxy) is 1. The fraction of sp³-hybridized carbons (Fsp3) is 0.400. The van der Waals surface area contributed by atoms with Gasteiger partial charge in [0.25, 0.3) is 0 Å². The van der Waals surface area contributed by atoms with Gasteiger partial charge in [-0.15, -0.1) is 0 Å². The maximum absolute atomic E-state index is 5.81. The number of nitrogens with one attached hydrogen (secondary N) is 1. The number of rotatable bonds is 6. The van der Waals surface area contributed by atoms with E-state index in [1.165, 1.54) is 5.56 Å². The molecular formula is C15H18Br2N2O2. The third-order valence-electron chi connectivity index (χ3n) is 2.81. The third-order valence-corrected chi connectivity index (χ3v) is 3.99. The van der Waals surface area contributed by atoms with Crippen molar-refractivity contribution in [3.8, 4) is 5.75 Å². The predicted molar refractivity (Wildman–Crippen MR) is 89.4 cm³/mol. The van der Waals surface area contributed by atoms with Crippen LogP contribution in [0.4, 0.5) is 0 Å². The van der Waals surface area contributed by atoms with E-state index in [4.69, 9.17) is 9.26 Å². The summed E-state index contributed by atoms with van der Waals surface area (Å²) < 4.78 is 12.7. The molecule has 0 aliphatic rings. The first-order valence-electron chi connectivity index (χ1n) is 6.72. The minimum Gasteiger partial charge on any atom is -0.485 e. The molecule has 0 radical (unpaired) electrons. The van der Waals surface area contributed by atoms with Crippen LogP contribution in [0.2, 0.25) is 0 Å². The van der Waals surface area contributed by atoms with E-state index in [0.717, 1.165) is 32.7 Å². The Morgan fingerprint density at radius 2 is 1.90 bits per heavy atom. The number of hydrogen-bond donors (Lipinski definition) is 1. The summed E-state index contributed by atoms with van der Waals surface area (Å²) in [5, 5.41) is 7.31. The molecule has 114 valence electrons. The van der Waals surface area contributed by atoms with Crippen LogP contribution in [-0.4, -0.2) is 11.2 Å². The average Bonchev–Trinajstić information content (AvgIpc) is 2.81. The molecule has 1 aromatic heterocycles. The molecule has 4 nitrogen and oxygen atoms in total. The molecule has 2 aromatic rings. The maximum Gasteiger partial charge on any atom is 0.148 e. The molecule has 0 aliphatic carbocycles. The summed E-state index contributed by atoms with van der Waals surface area (Å²) in [6.07, 6.45) is 0.